The van der Waals surface area contributed by atoms with Gasteiger partial charge in [0.05, 0.1) is 19.8 Å². The maximum atomic E-state index is 12.8. The molecule has 0 bridgehead atoms. The molecular weight excluding hydrogens is 696 g/mol. The number of carbonyl (C=O) groups excluding carboxylic acids is 1. The van der Waals surface area contributed by atoms with Gasteiger partial charge < -0.3 is 39.4 Å². The van der Waals surface area contributed by atoms with Crippen molar-refractivity contribution in [1.29, 1.82) is 0 Å². The summed E-state index contributed by atoms with van der Waals surface area (Å²) in [5.41, 5.74) is 0. The Hall–Kier alpha value is -1.59. The maximum absolute atomic E-state index is 12.8. The molecule has 0 saturated carbocycles. The topological polar surface area (TPSA) is 135 Å². The lowest BCUT2D eigenvalue weighted by Crippen LogP contribution is -2.59. The molecule has 1 heterocycles. The Morgan fingerprint density at radius 2 is 1.05 bits per heavy atom. The molecule has 55 heavy (non-hydrogen) atoms. The first-order chi connectivity index (χ1) is 26.9. The van der Waals surface area contributed by atoms with E-state index in [1.165, 1.54) is 103 Å². The summed E-state index contributed by atoms with van der Waals surface area (Å²) in [5.74, 6) is -0.329. The second kappa shape index (κ2) is 38.0. The summed E-state index contributed by atoms with van der Waals surface area (Å²) in [7, 11) is 0. The van der Waals surface area contributed by atoms with Gasteiger partial charge in [-0.3, -0.25) is 4.79 Å². The van der Waals surface area contributed by atoms with Crippen LogP contribution < -0.4 is 0 Å². The van der Waals surface area contributed by atoms with Crippen molar-refractivity contribution in [1.82, 2.24) is 0 Å². The minimum absolute atomic E-state index is 0.121. The van der Waals surface area contributed by atoms with Gasteiger partial charge in [-0.1, -0.05) is 147 Å². The summed E-state index contributed by atoms with van der Waals surface area (Å²) in [6, 6.07) is 0. The van der Waals surface area contributed by atoms with Crippen molar-refractivity contribution in [2.75, 3.05) is 26.4 Å². The minimum Gasteiger partial charge on any atom is -0.457 e. The normalized spacial score (nSPS) is 21.0. The van der Waals surface area contributed by atoms with Crippen molar-refractivity contribution in [3.63, 3.8) is 0 Å². The molecule has 0 spiro atoms. The Morgan fingerprint density at radius 3 is 1.60 bits per heavy atom. The molecule has 0 aromatic heterocycles. The van der Waals surface area contributed by atoms with E-state index in [2.05, 4.69) is 50.3 Å². The van der Waals surface area contributed by atoms with Crippen molar-refractivity contribution in [3.05, 3.63) is 36.5 Å². The van der Waals surface area contributed by atoms with Crippen molar-refractivity contribution < 1.29 is 44.2 Å². The summed E-state index contributed by atoms with van der Waals surface area (Å²) in [4.78, 5) is 12.8. The summed E-state index contributed by atoms with van der Waals surface area (Å²) in [6.45, 7) is 4.51. The molecule has 6 atom stereocenters. The second-order valence-corrected chi connectivity index (χ2v) is 15.5. The zero-order valence-electron chi connectivity index (χ0n) is 35.2. The Balaban J connectivity index is 2.29. The summed E-state index contributed by atoms with van der Waals surface area (Å²) in [5, 5.41) is 40.1. The van der Waals surface area contributed by atoms with Gasteiger partial charge in [-0.05, 0) is 70.6 Å². The SMILES string of the molecule is CCCCCC/C=C\C/C=C\CCCCCCCC(=O)OC(COCCCCCCCC/C=C\CCCCCCCC)COC1OC(CO)C(O)C(O)C1O. The average Bonchev–Trinajstić information content (AvgIpc) is 3.18. The van der Waals surface area contributed by atoms with Crippen LogP contribution in [0.25, 0.3) is 0 Å². The maximum Gasteiger partial charge on any atom is 0.306 e. The van der Waals surface area contributed by atoms with E-state index in [4.69, 9.17) is 18.9 Å². The van der Waals surface area contributed by atoms with E-state index in [1.807, 2.05) is 0 Å². The third kappa shape index (κ3) is 29.3. The molecule has 4 N–H and O–H groups in total. The fourth-order valence-electron chi connectivity index (χ4n) is 6.69. The van der Waals surface area contributed by atoms with E-state index in [9.17, 15) is 25.2 Å². The highest BCUT2D eigenvalue weighted by atomic mass is 16.7. The molecule has 1 fully saturated rings. The van der Waals surface area contributed by atoms with Gasteiger partial charge in [0.25, 0.3) is 0 Å². The molecule has 9 heteroatoms. The lowest BCUT2D eigenvalue weighted by atomic mass is 9.99. The minimum atomic E-state index is -1.54. The van der Waals surface area contributed by atoms with Crippen LogP contribution in [0, 0.1) is 0 Å². The molecule has 9 nitrogen and oxygen atoms in total. The highest BCUT2D eigenvalue weighted by molar-refractivity contribution is 5.69. The van der Waals surface area contributed by atoms with Gasteiger partial charge in [-0.2, -0.15) is 0 Å². The van der Waals surface area contributed by atoms with Crippen LogP contribution in [0.4, 0.5) is 0 Å². The van der Waals surface area contributed by atoms with Crippen LogP contribution >= 0.6 is 0 Å². The lowest BCUT2D eigenvalue weighted by Gasteiger charge is -2.39. The van der Waals surface area contributed by atoms with E-state index in [-0.39, 0.29) is 19.2 Å². The summed E-state index contributed by atoms with van der Waals surface area (Å²) in [6.07, 6.45) is 37.3. The third-order valence-corrected chi connectivity index (χ3v) is 10.3. The Kier molecular flexibility index (Phi) is 35.5. The fraction of sp³-hybridized carbons (Fsp3) is 0.848. The first-order valence-electron chi connectivity index (χ1n) is 22.6. The predicted molar refractivity (Wildman–Crippen MR) is 224 cm³/mol. The summed E-state index contributed by atoms with van der Waals surface area (Å²) < 4.78 is 22.8. The predicted octanol–water partition coefficient (Wildman–Crippen LogP) is 9.97. The van der Waals surface area contributed by atoms with E-state index in [1.54, 1.807) is 0 Å². The van der Waals surface area contributed by atoms with Crippen LogP contribution in [0.3, 0.4) is 0 Å². The zero-order chi connectivity index (χ0) is 40.0. The van der Waals surface area contributed by atoms with Crippen molar-refractivity contribution in [2.45, 2.75) is 224 Å². The molecule has 1 aliphatic heterocycles. The van der Waals surface area contributed by atoms with Gasteiger partial charge in [0.1, 0.15) is 30.5 Å². The Morgan fingerprint density at radius 1 is 0.582 bits per heavy atom. The lowest BCUT2D eigenvalue weighted by molar-refractivity contribution is -0.305. The van der Waals surface area contributed by atoms with Crippen LogP contribution in [0.15, 0.2) is 36.5 Å². The molecule has 6 unspecified atom stereocenters. The molecule has 322 valence electrons. The Labute approximate surface area is 336 Å². The number of aliphatic hydroxyl groups excluding tert-OH is 4. The quantitative estimate of drug-likeness (QED) is 0.0274. The van der Waals surface area contributed by atoms with E-state index < -0.39 is 43.4 Å². The van der Waals surface area contributed by atoms with E-state index in [0.29, 0.717) is 13.0 Å². The van der Waals surface area contributed by atoms with Gasteiger partial charge in [0.2, 0.25) is 0 Å². The molecule has 0 aromatic rings. The van der Waals surface area contributed by atoms with Crippen LogP contribution in [-0.4, -0.2) is 89.6 Å². The van der Waals surface area contributed by atoms with E-state index in [0.717, 1.165) is 64.2 Å². The number of ether oxygens (including phenoxy) is 4. The summed E-state index contributed by atoms with van der Waals surface area (Å²) >= 11 is 0. The van der Waals surface area contributed by atoms with Crippen LogP contribution in [0.1, 0.15) is 187 Å². The molecule has 0 amide bonds. The number of hydrogen-bond acceptors (Lipinski definition) is 9. The zero-order valence-corrected chi connectivity index (χ0v) is 35.2. The van der Waals surface area contributed by atoms with Crippen molar-refractivity contribution in [3.8, 4) is 0 Å². The fourth-order valence-corrected chi connectivity index (χ4v) is 6.69. The van der Waals surface area contributed by atoms with Crippen LogP contribution in [0.2, 0.25) is 0 Å². The number of unbranched alkanes of at least 4 members (excludes halogenated alkanes) is 21. The van der Waals surface area contributed by atoms with Gasteiger partial charge in [0.15, 0.2) is 6.29 Å². The first kappa shape index (κ1) is 51.4. The Bertz CT molecular complexity index is 936. The standard InChI is InChI=1S/C46H84O9/c1-3-5-7-9-11-13-15-17-19-21-23-25-27-29-31-33-35-42(48)54-40(39-53-46-45(51)44(50)43(49)41(37-47)55-46)38-52-36-34-32-30-28-26-24-22-20-18-16-14-12-10-8-6-4-2/h13,15,18-21,40-41,43-47,49-51H,3-12,14,16-17,22-39H2,1-2H3/b15-13-,20-18-,21-19-. The van der Waals surface area contributed by atoms with Crippen LogP contribution in [0.5, 0.6) is 0 Å². The van der Waals surface area contributed by atoms with Gasteiger partial charge in [0, 0.05) is 13.0 Å². The number of hydrogen-bond donors (Lipinski definition) is 4. The van der Waals surface area contributed by atoms with Gasteiger partial charge >= 0.3 is 5.97 Å². The van der Waals surface area contributed by atoms with E-state index >= 15 is 0 Å². The molecule has 1 saturated heterocycles. The molecule has 0 radical (unpaired) electrons. The molecule has 1 aliphatic rings. The first-order valence-corrected chi connectivity index (χ1v) is 22.6. The number of rotatable bonds is 38. The highest BCUT2D eigenvalue weighted by Gasteiger charge is 2.44. The molecular formula is C46H84O9. The molecule has 1 rings (SSSR count). The third-order valence-electron chi connectivity index (χ3n) is 10.3. The largest absolute Gasteiger partial charge is 0.457 e. The number of allylic oxidation sites excluding steroid dienone is 6. The van der Waals surface area contributed by atoms with Crippen molar-refractivity contribution >= 4 is 5.97 Å². The van der Waals surface area contributed by atoms with Crippen LogP contribution in [-0.2, 0) is 23.7 Å². The number of aliphatic hydroxyl groups is 4. The molecule has 0 aromatic carbocycles. The number of esters is 1. The smallest absolute Gasteiger partial charge is 0.306 e. The second-order valence-electron chi connectivity index (χ2n) is 15.5. The average molecular weight is 781 g/mol. The highest BCUT2D eigenvalue weighted by Crippen LogP contribution is 2.22. The van der Waals surface area contributed by atoms with Gasteiger partial charge in [-0.15, -0.1) is 0 Å². The monoisotopic (exact) mass is 781 g/mol. The van der Waals surface area contributed by atoms with Gasteiger partial charge in [-0.25, -0.2) is 0 Å². The number of carbonyl (C=O) groups is 1. The van der Waals surface area contributed by atoms with Crippen molar-refractivity contribution in [2.24, 2.45) is 0 Å². The molecule has 0 aliphatic carbocycles.